The van der Waals surface area contributed by atoms with Gasteiger partial charge in [-0.2, -0.15) is 0 Å². The molecule has 25 heavy (non-hydrogen) atoms. The average molecular weight is 343 g/mol. The molecule has 1 saturated carbocycles. The molecule has 2 aromatic rings. The van der Waals surface area contributed by atoms with Gasteiger partial charge in [-0.3, -0.25) is 9.78 Å². The summed E-state index contributed by atoms with van der Waals surface area (Å²) in [5, 5.41) is 9.86. The number of pyridine rings is 1. The summed E-state index contributed by atoms with van der Waals surface area (Å²) in [5.41, 5.74) is -0.779. The zero-order valence-electron chi connectivity index (χ0n) is 13.9. The minimum Gasteiger partial charge on any atom is -0.501 e. The van der Waals surface area contributed by atoms with E-state index in [2.05, 4.69) is 15.0 Å². The SMILES string of the molecule is O=C(OCCC1CCCCC1)c1nc(-c2ccccn2)[nH]c(=O)c1O. The van der Waals surface area contributed by atoms with Crippen molar-refractivity contribution in [3.63, 3.8) is 0 Å². The first-order valence-corrected chi connectivity index (χ1v) is 8.57. The molecular weight excluding hydrogens is 322 g/mol. The normalized spacial score (nSPS) is 15.0. The highest BCUT2D eigenvalue weighted by Gasteiger charge is 2.21. The number of aromatic hydroxyl groups is 1. The second-order valence-electron chi connectivity index (χ2n) is 6.26. The number of H-pyrrole nitrogens is 1. The van der Waals surface area contributed by atoms with E-state index in [1.165, 1.54) is 19.3 Å². The van der Waals surface area contributed by atoms with Gasteiger partial charge in [0.1, 0.15) is 5.69 Å². The predicted molar refractivity (Wildman–Crippen MR) is 91.2 cm³/mol. The summed E-state index contributed by atoms with van der Waals surface area (Å²) in [6.07, 6.45) is 8.39. The van der Waals surface area contributed by atoms with Crippen molar-refractivity contribution in [3.05, 3.63) is 40.4 Å². The van der Waals surface area contributed by atoms with Gasteiger partial charge in [-0.1, -0.05) is 38.2 Å². The van der Waals surface area contributed by atoms with Crippen molar-refractivity contribution in [2.45, 2.75) is 38.5 Å². The fraction of sp³-hybridized carbons (Fsp3) is 0.444. The fourth-order valence-electron chi connectivity index (χ4n) is 3.10. The zero-order chi connectivity index (χ0) is 17.6. The van der Waals surface area contributed by atoms with Gasteiger partial charge in [0.15, 0.2) is 11.5 Å². The Bertz CT molecular complexity index is 783. The number of aromatic amines is 1. The standard InChI is InChI=1S/C18H21N3O4/c22-15-14(18(24)25-11-9-12-6-2-1-3-7-12)20-16(21-17(15)23)13-8-4-5-10-19-13/h4-5,8,10,12,22H,1-3,6-7,9,11H2,(H,20,21,23). The Hall–Kier alpha value is -2.70. The Morgan fingerprint density at radius 3 is 2.80 bits per heavy atom. The van der Waals surface area contributed by atoms with E-state index in [0.717, 1.165) is 19.3 Å². The maximum atomic E-state index is 12.2. The maximum Gasteiger partial charge on any atom is 0.361 e. The molecule has 2 N–H and O–H groups in total. The van der Waals surface area contributed by atoms with Gasteiger partial charge in [0.05, 0.1) is 6.61 Å². The van der Waals surface area contributed by atoms with Gasteiger partial charge in [-0.25, -0.2) is 9.78 Å². The van der Waals surface area contributed by atoms with Crippen molar-refractivity contribution < 1.29 is 14.6 Å². The van der Waals surface area contributed by atoms with Crippen LogP contribution in [0.2, 0.25) is 0 Å². The van der Waals surface area contributed by atoms with Crippen molar-refractivity contribution in [1.82, 2.24) is 15.0 Å². The molecule has 0 aromatic carbocycles. The molecule has 0 saturated heterocycles. The molecule has 0 atom stereocenters. The van der Waals surface area contributed by atoms with Crippen molar-refractivity contribution >= 4 is 5.97 Å². The molecule has 0 unspecified atom stereocenters. The van der Waals surface area contributed by atoms with Crippen LogP contribution in [0.5, 0.6) is 5.75 Å². The second-order valence-corrected chi connectivity index (χ2v) is 6.26. The number of nitrogens with zero attached hydrogens (tertiary/aromatic N) is 2. The number of hydrogen-bond donors (Lipinski definition) is 2. The lowest BCUT2D eigenvalue weighted by atomic mass is 9.87. The van der Waals surface area contributed by atoms with Crippen LogP contribution in [0, 0.1) is 5.92 Å². The third kappa shape index (κ3) is 4.23. The first-order valence-electron chi connectivity index (χ1n) is 8.57. The molecule has 1 aliphatic rings. The molecule has 2 aromatic heterocycles. The summed E-state index contributed by atoms with van der Waals surface area (Å²) >= 11 is 0. The van der Waals surface area contributed by atoms with Crippen LogP contribution in [0.1, 0.15) is 49.0 Å². The Morgan fingerprint density at radius 1 is 1.28 bits per heavy atom. The number of rotatable bonds is 5. The lowest BCUT2D eigenvalue weighted by molar-refractivity contribution is 0.0464. The minimum atomic E-state index is -0.796. The van der Waals surface area contributed by atoms with E-state index in [9.17, 15) is 14.7 Å². The van der Waals surface area contributed by atoms with E-state index in [4.69, 9.17) is 4.74 Å². The Balaban J connectivity index is 1.71. The minimum absolute atomic E-state index is 0.114. The quantitative estimate of drug-likeness (QED) is 0.809. The van der Waals surface area contributed by atoms with Gasteiger partial charge in [-0.15, -0.1) is 0 Å². The highest BCUT2D eigenvalue weighted by molar-refractivity contribution is 5.90. The summed E-state index contributed by atoms with van der Waals surface area (Å²) in [7, 11) is 0. The molecule has 0 spiro atoms. The third-order valence-electron chi connectivity index (χ3n) is 4.48. The number of nitrogens with one attached hydrogen (secondary N) is 1. The van der Waals surface area contributed by atoms with Crippen molar-refractivity contribution in [2.75, 3.05) is 6.61 Å². The van der Waals surface area contributed by atoms with Crippen LogP contribution in [0.3, 0.4) is 0 Å². The van der Waals surface area contributed by atoms with Crippen LogP contribution in [-0.4, -0.2) is 32.6 Å². The van der Waals surface area contributed by atoms with Crippen LogP contribution < -0.4 is 5.56 Å². The number of esters is 1. The summed E-state index contributed by atoms with van der Waals surface area (Å²) in [4.78, 5) is 34.6. The maximum absolute atomic E-state index is 12.2. The van der Waals surface area contributed by atoms with Gasteiger partial charge in [0.25, 0.3) is 5.56 Å². The number of carbonyl (C=O) groups excluding carboxylic acids is 1. The molecule has 2 heterocycles. The lowest BCUT2D eigenvalue weighted by Gasteiger charge is -2.21. The molecule has 0 bridgehead atoms. The van der Waals surface area contributed by atoms with E-state index in [1.54, 1.807) is 24.4 Å². The van der Waals surface area contributed by atoms with Crippen molar-refractivity contribution in [1.29, 1.82) is 0 Å². The van der Waals surface area contributed by atoms with Gasteiger partial charge in [0.2, 0.25) is 5.75 Å². The monoisotopic (exact) mass is 343 g/mol. The van der Waals surface area contributed by atoms with E-state index < -0.39 is 17.3 Å². The molecule has 0 amide bonds. The molecule has 7 heteroatoms. The molecule has 0 radical (unpaired) electrons. The van der Waals surface area contributed by atoms with Crippen LogP contribution in [-0.2, 0) is 4.74 Å². The van der Waals surface area contributed by atoms with Gasteiger partial charge in [-0.05, 0) is 24.5 Å². The van der Waals surface area contributed by atoms with Crippen LogP contribution in [0.4, 0.5) is 0 Å². The molecule has 0 aliphatic heterocycles. The number of hydrogen-bond acceptors (Lipinski definition) is 6. The number of aromatic nitrogens is 3. The molecule has 3 rings (SSSR count). The highest BCUT2D eigenvalue weighted by atomic mass is 16.5. The van der Waals surface area contributed by atoms with Crippen LogP contribution >= 0.6 is 0 Å². The second kappa shape index (κ2) is 7.92. The Labute approximate surface area is 145 Å². The zero-order valence-corrected chi connectivity index (χ0v) is 13.9. The van der Waals surface area contributed by atoms with Crippen LogP contribution in [0.15, 0.2) is 29.2 Å². The fourth-order valence-corrected chi connectivity index (χ4v) is 3.10. The predicted octanol–water partition coefficient (Wildman–Crippen LogP) is 2.66. The molecule has 1 fully saturated rings. The third-order valence-corrected chi connectivity index (χ3v) is 4.48. The summed E-state index contributed by atoms with van der Waals surface area (Å²) in [6.45, 7) is 0.260. The Morgan fingerprint density at radius 2 is 2.08 bits per heavy atom. The molecule has 7 nitrogen and oxygen atoms in total. The van der Waals surface area contributed by atoms with Crippen LogP contribution in [0.25, 0.3) is 11.5 Å². The first-order chi connectivity index (χ1) is 12.1. The number of ether oxygens (including phenoxy) is 1. The topological polar surface area (TPSA) is 105 Å². The first kappa shape index (κ1) is 17.1. The van der Waals surface area contributed by atoms with Gasteiger partial charge >= 0.3 is 5.97 Å². The lowest BCUT2D eigenvalue weighted by Crippen LogP contribution is -2.18. The Kier molecular flexibility index (Phi) is 5.42. The van der Waals surface area contributed by atoms with E-state index in [-0.39, 0.29) is 18.1 Å². The van der Waals surface area contributed by atoms with Crippen molar-refractivity contribution in [3.8, 4) is 17.3 Å². The number of carbonyl (C=O) groups is 1. The van der Waals surface area contributed by atoms with E-state index >= 15 is 0 Å². The summed E-state index contributed by atoms with van der Waals surface area (Å²) < 4.78 is 5.22. The molecule has 132 valence electrons. The van der Waals surface area contributed by atoms with Gasteiger partial charge in [0, 0.05) is 6.20 Å². The van der Waals surface area contributed by atoms with E-state index in [0.29, 0.717) is 11.6 Å². The molecule has 1 aliphatic carbocycles. The largest absolute Gasteiger partial charge is 0.501 e. The smallest absolute Gasteiger partial charge is 0.361 e. The highest BCUT2D eigenvalue weighted by Crippen LogP contribution is 2.26. The average Bonchev–Trinajstić information content (AvgIpc) is 2.65. The summed E-state index contributed by atoms with van der Waals surface area (Å²) in [5.74, 6) is -0.840. The molecular formula is C18H21N3O4. The van der Waals surface area contributed by atoms with Crippen molar-refractivity contribution in [2.24, 2.45) is 5.92 Å². The summed E-state index contributed by atoms with van der Waals surface area (Å²) in [6, 6.07) is 5.10. The van der Waals surface area contributed by atoms with Gasteiger partial charge < -0.3 is 14.8 Å². The van der Waals surface area contributed by atoms with E-state index in [1.807, 2.05) is 0 Å².